The zero-order chi connectivity index (χ0) is 23.4. The number of hydrogen-bond acceptors (Lipinski definition) is 6. The number of carbonyl (C=O) groups excluding carboxylic acids is 1. The van der Waals surface area contributed by atoms with E-state index in [0.717, 1.165) is 29.2 Å². The normalized spacial score (nSPS) is 16.7. The second-order valence-electron chi connectivity index (χ2n) is 7.90. The first-order chi connectivity index (χ1) is 15.9. The van der Waals surface area contributed by atoms with Crippen molar-refractivity contribution in [3.63, 3.8) is 0 Å². The standard InChI is InChI=1S/C22H26F2N6O3/c1-14-20(11-25-29(14)2)26-22(31)13-30-6-8-33-21(12-30)19-9-15(27-28-19)5-7-32-16-3-4-17(23)18(24)10-16/h3-4,9-11,21H,5-8,12-13H2,1-2H3,(H,26,31)(H,27,28). The SMILES string of the molecule is Cc1c(NC(=O)CN2CCOC(c3cc(CCOc4ccc(F)c(F)c4)[nH]n3)C2)cnn1C. The fourth-order valence-electron chi connectivity index (χ4n) is 3.56. The molecule has 3 heterocycles. The summed E-state index contributed by atoms with van der Waals surface area (Å²) in [6.07, 6.45) is 1.88. The van der Waals surface area contributed by atoms with Crippen molar-refractivity contribution in [3.8, 4) is 5.75 Å². The Hall–Kier alpha value is -3.31. The molecule has 0 bridgehead atoms. The second kappa shape index (κ2) is 10.1. The lowest BCUT2D eigenvalue weighted by atomic mass is 10.2. The van der Waals surface area contributed by atoms with Crippen molar-refractivity contribution in [2.45, 2.75) is 19.4 Å². The number of carbonyl (C=O) groups is 1. The summed E-state index contributed by atoms with van der Waals surface area (Å²) in [4.78, 5) is 14.5. The Morgan fingerprint density at radius 2 is 2.18 bits per heavy atom. The summed E-state index contributed by atoms with van der Waals surface area (Å²) in [5, 5.41) is 14.3. The zero-order valence-corrected chi connectivity index (χ0v) is 18.5. The molecule has 1 atom stereocenters. The number of ether oxygens (including phenoxy) is 2. The van der Waals surface area contributed by atoms with Crippen LogP contribution >= 0.6 is 0 Å². The van der Waals surface area contributed by atoms with Gasteiger partial charge >= 0.3 is 0 Å². The van der Waals surface area contributed by atoms with Gasteiger partial charge in [-0.25, -0.2) is 8.78 Å². The Morgan fingerprint density at radius 1 is 1.33 bits per heavy atom. The molecule has 0 aliphatic carbocycles. The highest BCUT2D eigenvalue weighted by Gasteiger charge is 2.25. The Morgan fingerprint density at radius 3 is 2.94 bits per heavy atom. The Labute approximate surface area is 189 Å². The first-order valence-corrected chi connectivity index (χ1v) is 10.6. The molecule has 176 valence electrons. The molecular formula is C22H26F2N6O3. The number of nitrogens with one attached hydrogen (secondary N) is 2. The molecule has 1 aliphatic heterocycles. The van der Waals surface area contributed by atoms with Crippen molar-refractivity contribution in [2.24, 2.45) is 7.05 Å². The molecule has 0 saturated carbocycles. The van der Waals surface area contributed by atoms with E-state index in [9.17, 15) is 13.6 Å². The highest BCUT2D eigenvalue weighted by atomic mass is 19.2. The summed E-state index contributed by atoms with van der Waals surface area (Å²) in [5.41, 5.74) is 3.17. The van der Waals surface area contributed by atoms with E-state index in [2.05, 4.69) is 20.6 Å². The van der Waals surface area contributed by atoms with Crippen molar-refractivity contribution < 1.29 is 23.0 Å². The van der Waals surface area contributed by atoms with E-state index in [0.29, 0.717) is 31.8 Å². The number of aromatic amines is 1. The third kappa shape index (κ3) is 5.74. The van der Waals surface area contributed by atoms with Crippen molar-refractivity contribution in [1.82, 2.24) is 24.9 Å². The average Bonchev–Trinajstić information content (AvgIpc) is 3.39. The van der Waals surface area contributed by atoms with Crippen LogP contribution in [0.2, 0.25) is 0 Å². The van der Waals surface area contributed by atoms with E-state index >= 15 is 0 Å². The van der Waals surface area contributed by atoms with Gasteiger partial charge in [-0.05, 0) is 25.1 Å². The molecule has 11 heteroatoms. The van der Waals surface area contributed by atoms with Crippen molar-refractivity contribution >= 4 is 11.6 Å². The van der Waals surface area contributed by atoms with Crippen LogP contribution in [0.4, 0.5) is 14.5 Å². The number of hydrogen-bond donors (Lipinski definition) is 2. The summed E-state index contributed by atoms with van der Waals surface area (Å²) < 4.78 is 39.3. The van der Waals surface area contributed by atoms with Crippen LogP contribution in [0, 0.1) is 18.6 Å². The second-order valence-corrected chi connectivity index (χ2v) is 7.90. The lowest BCUT2D eigenvalue weighted by molar-refractivity contribution is -0.119. The number of aromatic nitrogens is 4. The predicted octanol–water partition coefficient (Wildman–Crippen LogP) is 2.36. The lowest BCUT2D eigenvalue weighted by Gasteiger charge is -2.31. The third-order valence-corrected chi connectivity index (χ3v) is 5.54. The smallest absolute Gasteiger partial charge is 0.238 e. The molecule has 1 aromatic carbocycles. The molecule has 2 N–H and O–H groups in total. The van der Waals surface area contributed by atoms with Gasteiger partial charge in [0, 0.05) is 38.3 Å². The van der Waals surface area contributed by atoms with E-state index in [1.165, 1.54) is 6.07 Å². The number of aryl methyl sites for hydroxylation is 1. The summed E-state index contributed by atoms with van der Waals surface area (Å²) in [6.45, 7) is 4.09. The monoisotopic (exact) mass is 460 g/mol. The molecule has 1 fully saturated rings. The fourth-order valence-corrected chi connectivity index (χ4v) is 3.56. The first-order valence-electron chi connectivity index (χ1n) is 10.6. The van der Waals surface area contributed by atoms with Gasteiger partial charge in [-0.3, -0.25) is 19.5 Å². The van der Waals surface area contributed by atoms with E-state index in [1.807, 2.05) is 24.9 Å². The van der Waals surface area contributed by atoms with Crippen molar-refractivity contribution in [2.75, 3.05) is 38.2 Å². The van der Waals surface area contributed by atoms with Crippen molar-refractivity contribution in [3.05, 3.63) is 59.2 Å². The molecule has 1 aliphatic rings. The van der Waals surface area contributed by atoms with Gasteiger partial charge in [0.05, 0.1) is 43.0 Å². The van der Waals surface area contributed by atoms with E-state index in [-0.39, 0.29) is 30.9 Å². The molecule has 1 amide bonds. The number of morpholine rings is 1. The molecule has 33 heavy (non-hydrogen) atoms. The minimum atomic E-state index is -0.945. The van der Waals surface area contributed by atoms with E-state index in [1.54, 1.807) is 10.9 Å². The van der Waals surface area contributed by atoms with Gasteiger partial charge in [0.25, 0.3) is 0 Å². The number of H-pyrrole nitrogens is 1. The van der Waals surface area contributed by atoms with E-state index < -0.39 is 11.6 Å². The average molecular weight is 460 g/mol. The largest absolute Gasteiger partial charge is 0.493 e. The zero-order valence-electron chi connectivity index (χ0n) is 18.5. The highest BCUT2D eigenvalue weighted by Crippen LogP contribution is 2.22. The summed E-state index contributed by atoms with van der Waals surface area (Å²) in [5.74, 6) is -1.70. The maximum Gasteiger partial charge on any atom is 0.238 e. The molecule has 0 spiro atoms. The van der Waals surface area contributed by atoms with Crippen LogP contribution in [0.1, 0.15) is 23.2 Å². The minimum absolute atomic E-state index is 0.108. The number of rotatable bonds is 8. The van der Waals surface area contributed by atoms with Gasteiger partial charge in [-0.15, -0.1) is 0 Å². The molecule has 1 saturated heterocycles. The molecule has 4 rings (SSSR count). The predicted molar refractivity (Wildman–Crippen MR) is 116 cm³/mol. The summed E-state index contributed by atoms with van der Waals surface area (Å²) in [7, 11) is 1.82. The Bertz CT molecular complexity index is 1120. The molecule has 3 aromatic rings. The van der Waals surface area contributed by atoms with Crippen molar-refractivity contribution in [1.29, 1.82) is 0 Å². The van der Waals surface area contributed by atoms with Crippen LogP contribution in [0.15, 0.2) is 30.5 Å². The quantitative estimate of drug-likeness (QED) is 0.536. The number of nitrogens with zero attached hydrogens (tertiary/aromatic N) is 4. The number of halogens is 2. The first kappa shape index (κ1) is 22.9. The van der Waals surface area contributed by atoms with Crippen LogP contribution in [0.5, 0.6) is 5.75 Å². The maximum atomic E-state index is 13.3. The number of anilines is 1. The fraction of sp³-hybridized carbons (Fsp3) is 0.409. The highest BCUT2D eigenvalue weighted by molar-refractivity contribution is 5.92. The Balaban J connectivity index is 1.26. The van der Waals surface area contributed by atoms with Gasteiger partial charge < -0.3 is 14.8 Å². The van der Waals surface area contributed by atoms with Gasteiger partial charge in [-0.1, -0.05) is 0 Å². The number of amides is 1. The van der Waals surface area contributed by atoms with Crippen LogP contribution in [0.25, 0.3) is 0 Å². The van der Waals surface area contributed by atoms with Crippen LogP contribution < -0.4 is 10.1 Å². The van der Waals surface area contributed by atoms with Crippen LogP contribution in [-0.4, -0.2) is 63.6 Å². The van der Waals surface area contributed by atoms with Gasteiger partial charge in [-0.2, -0.15) is 10.2 Å². The third-order valence-electron chi connectivity index (χ3n) is 5.54. The maximum absolute atomic E-state index is 13.3. The van der Waals surface area contributed by atoms with Gasteiger partial charge in [0.2, 0.25) is 5.91 Å². The van der Waals surface area contributed by atoms with Gasteiger partial charge in [0.15, 0.2) is 11.6 Å². The lowest BCUT2D eigenvalue weighted by Crippen LogP contribution is -2.42. The molecule has 9 nitrogen and oxygen atoms in total. The van der Waals surface area contributed by atoms with E-state index in [4.69, 9.17) is 9.47 Å². The van der Waals surface area contributed by atoms with Crippen LogP contribution in [-0.2, 0) is 23.0 Å². The molecule has 2 aromatic heterocycles. The Kier molecular flexibility index (Phi) is 6.99. The minimum Gasteiger partial charge on any atom is -0.493 e. The van der Waals surface area contributed by atoms with Crippen LogP contribution in [0.3, 0.4) is 0 Å². The van der Waals surface area contributed by atoms with Gasteiger partial charge in [0.1, 0.15) is 11.9 Å². The molecule has 0 radical (unpaired) electrons. The summed E-state index contributed by atoms with van der Waals surface area (Å²) >= 11 is 0. The topological polar surface area (TPSA) is 97.3 Å². The molecule has 1 unspecified atom stereocenters. The number of benzene rings is 1. The molecular weight excluding hydrogens is 434 g/mol. The summed E-state index contributed by atoms with van der Waals surface area (Å²) in [6, 6.07) is 5.32.